The van der Waals surface area contributed by atoms with Crippen LogP contribution >= 0.6 is 11.3 Å². The number of fused-ring (bicyclic) bond motifs is 1. The Morgan fingerprint density at radius 3 is 3.05 bits per heavy atom. The van der Waals surface area contributed by atoms with Crippen LogP contribution in [0.5, 0.6) is 0 Å². The van der Waals surface area contributed by atoms with Crippen LogP contribution in [0.25, 0.3) is 0 Å². The predicted molar refractivity (Wildman–Crippen MR) is 74.2 cm³/mol. The fraction of sp³-hybridized carbons (Fsp3) is 0.714. The van der Waals surface area contributed by atoms with Gasteiger partial charge in [-0.1, -0.05) is 0 Å². The number of hydrogen-bond acceptors (Lipinski definition) is 4. The number of amides is 1. The predicted octanol–water partition coefficient (Wildman–Crippen LogP) is 2.02. The van der Waals surface area contributed by atoms with Crippen molar-refractivity contribution in [3.8, 4) is 0 Å². The van der Waals surface area contributed by atoms with Gasteiger partial charge in [0.2, 0.25) is 5.91 Å². The van der Waals surface area contributed by atoms with Crippen LogP contribution in [0.15, 0.2) is 0 Å². The van der Waals surface area contributed by atoms with E-state index in [1.54, 1.807) is 11.3 Å². The summed E-state index contributed by atoms with van der Waals surface area (Å²) >= 11 is 1.79. The smallest absolute Gasteiger partial charge is 0.228 e. The first-order valence-electron chi connectivity index (χ1n) is 7.04. The quantitative estimate of drug-likeness (QED) is 0.850. The third kappa shape index (κ3) is 2.82. The zero-order chi connectivity index (χ0) is 13.2. The van der Waals surface area contributed by atoms with E-state index in [1.165, 1.54) is 29.8 Å². The van der Waals surface area contributed by atoms with Crippen molar-refractivity contribution in [2.24, 2.45) is 5.92 Å². The normalized spacial score (nSPS) is 22.3. The van der Waals surface area contributed by atoms with E-state index in [9.17, 15) is 4.79 Å². The monoisotopic (exact) mass is 280 g/mol. The number of aromatic nitrogens is 1. The molecular weight excluding hydrogens is 260 g/mol. The van der Waals surface area contributed by atoms with E-state index in [-0.39, 0.29) is 11.8 Å². The molecule has 1 fully saturated rings. The average Bonchev–Trinajstić information content (AvgIpc) is 3.06. The van der Waals surface area contributed by atoms with Gasteiger partial charge in [0.1, 0.15) is 5.01 Å². The van der Waals surface area contributed by atoms with Gasteiger partial charge in [0.15, 0.2) is 0 Å². The molecule has 0 saturated carbocycles. The van der Waals surface area contributed by atoms with E-state index in [2.05, 4.69) is 0 Å². The molecule has 3 rings (SSSR count). The summed E-state index contributed by atoms with van der Waals surface area (Å²) in [5.41, 5.74) is 1.27. The van der Waals surface area contributed by atoms with Crippen LogP contribution in [0.4, 0.5) is 0 Å². The van der Waals surface area contributed by atoms with E-state index in [0.29, 0.717) is 13.2 Å². The maximum Gasteiger partial charge on any atom is 0.228 e. The van der Waals surface area contributed by atoms with Gasteiger partial charge in [0, 0.05) is 18.5 Å². The maximum atomic E-state index is 12.2. The second kappa shape index (κ2) is 5.59. The van der Waals surface area contributed by atoms with E-state index in [0.717, 1.165) is 24.5 Å². The molecule has 1 aliphatic heterocycles. The molecule has 2 aliphatic rings. The molecule has 1 amide bonds. The molecule has 19 heavy (non-hydrogen) atoms. The number of carbonyl (C=O) groups is 1. The second-order valence-electron chi connectivity index (χ2n) is 5.44. The van der Waals surface area contributed by atoms with Crippen molar-refractivity contribution < 1.29 is 9.53 Å². The highest BCUT2D eigenvalue weighted by Crippen LogP contribution is 2.27. The second-order valence-corrected chi connectivity index (χ2v) is 6.61. The molecule has 0 radical (unpaired) electrons. The topological polar surface area (TPSA) is 42.4 Å². The highest BCUT2D eigenvalue weighted by atomic mass is 32.1. The van der Waals surface area contributed by atoms with Gasteiger partial charge in [-0.15, -0.1) is 11.3 Å². The summed E-state index contributed by atoms with van der Waals surface area (Å²) in [6.45, 7) is 1.94. The van der Waals surface area contributed by atoms with E-state index in [1.807, 2.05) is 11.9 Å². The van der Waals surface area contributed by atoms with Crippen LogP contribution < -0.4 is 0 Å². The Bertz CT molecular complexity index is 443. The summed E-state index contributed by atoms with van der Waals surface area (Å²) < 4.78 is 5.28. The lowest BCUT2D eigenvalue weighted by Crippen LogP contribution is -2.32. The molecule has 1 aliphatic carbocycles. The Hall–Kier alpha value is -0.940. The summed E-state index contributed by atoms with van der Waals surface area (Å²) in [7, 11) is 1.88. The fourth-order valence-corrected chi connectivity index (χ4v) is 4.01. The van der Waals surface area contributed by atoms with Crippen molar-refractivity contribution in [1.82, 2.24) is 9.88 Å². The maximum absolute atomic E-state index is 12.2. The van der Waals surface area contributed by atoms with Crippen LogP contribution in [0.3, 0.4) is 0 Å². The number of carbonyl (C=O) groups excluding carboxylic acids is 1. The zero-order valence-electron chi connectivity index (χ0n) is 11.4. The molecule has 2 heterocycles. The number of rotatable bonds is 3. The summed E-state index contributed by atoms with van der Waals surface area (Å²) in [6.07, 6.45) is 5.67. The van der Waals surface area contributed by atoms with Crippen LogP contribution in [0.1, 0.15) is 34.8 Å². The van der Waals surface area contributed by atoms with Gasteiger partial charge in [0.05, 0.1) is 24.8 Å². The van der Waals surface area contributed by atoms with E-state index in [4.69, 9.17) is 9.72 Å². The highest BCUT2D eigenvalue weighted by molar-refractivity contribution is 7.11. The van der Waals surface area contributed by atoms with Crippen molar-refractivity contribution >= 4 is 17.2 Å². The first kappa shape index (κ1) is 13.1. The highest BCUT2D eigenvalue weighted by Gasteiger charge is 2.27. The average molecular weight is 280 g/mol. The third-order valence-corrected chi connectivity index (χ3v) is 5.06. The number of ether oxygens (including phenoxy) is 1. The summed E-state index contributed by atoms with van der Waals surface area (Å²) in [4.78, 5) is 20.2. The van der Waals surface area contributed by atoms with Crippen LogP contribution in [0.2, 0.25) is 0 Å². The molecular formula is C14H20N2O2S. The molecule has 1 saturated heterocycles. The number of aryl methyl sites for hydroxylation is 2. The third-order valence-electron chi connectivity index (χ3n) is 3.92. The Morgan fingerprint density at radius 2 is 2.32 bits per heavy atom. The zero-order valence-corrected chi connectivity index (χ0v) is 12.2. The molecule has 1 aromatic rings. The Kier molecular flexibility index (Phi) is 3.84. The van der Waals surface area contributed by atoms with E-state index >= 15 is 0 Å². The van der Waals surface area contributed by atoms with Gasteiger partial charge in [-0.2, -0.15) is 0 Å². The first-order chi connectivity index (χ1) is 9.24. The minimum Gasteiger partial charge on any atom is -0.381 e. The summed E-state index contributed by atoms with van der Waals surface area (Å²) in [5.74, 6) is 0.255. The molecule has 1 aromatic heterocycles. The Balaban J connectivity index is 1.63. The molecule has 0 N–H and O–H groups in total. The van der Waals surface area contributed by atoms with Crippen LogP contribution in [0, 0.1) is 5.92 Å². The molecule has 4 nitrogen and oxygen atoms in total. The van der Waals surface area contributed by atoms with Gasteiger partial charge in [-0.3, -0.25) is 4.79 Å². The summed E-state index contributed by atoms with van der Waals surface area (Å²) in [6, 6.07) is 0. The van der Waals surface area contributed by atoms with Crippen molar-refractivity contribution in [1.29, 1.82) is 0 Å². The first-order valence-corrected chi connectivity index (χ1v) is 7.86. The largest absolute Gasteiger partial charge is 0.381 e. The SMILES string of the molecule is CN(Cc1nc2c(s1)CCCC2)C(=O)C1CCOC1. The minimum atomic E-state index is 0.0552. The lowest BCUT2D eigenvalue weighted by Gasteiger charge is -2.18. The van der Waals surface area contributed by atoms with Gasteiger partial charge >= 0.3 is 0 Å². The van der Waals surface area contributed by atoms with Crippen molar-refractivity contribution in [2.45, 2.75) is 38.6 Å². The van der Waals surface area contributed by atoms with Crippen LogP contribution in [-0.2, 0) is 28.9 Å². The van der Waals surface area contributed by atoms with Crippen molar-refractivity contribution in [3.05, 3.63) is 15.6 Å². The lowest BCUT2D eigenvalue weighted by molar-refractivity contribution is -0.134. The minimum absolute atomic E-state index is 0.0552. The number of hydrogen-bond donors (Lipinski definition) is 0. The van der Waals surface area contributed by atoms with E-state index < -0.39 is 0 Å². The lowest BCUT2D eigenvalue weighted by atomic mass is 10.0. The van der Waals surface area contributed by atoms with Gasteiger partial charge in [-0.25, -0.2) is 4.98 Å². The standard InChI is InChI=1S/C14H20N2O2S/c1-16(14(17)10-6-7-18-9-10)8-13-15-11-4-2-3-5-12(11)19-13/h10H,2-9H2,1H3. The molecule has 1 atom stereocenters. The van der Waals surface area contributed by atoms with Gasteiger partial charge < -0.3 is 9.64 Å². The molecule has 0 spiro atoms. The molecule has 1 unspecified atom stereocenters. The number of thiazole rings is 1. The van der Waals surface area contributed by atoms with Gasteiger partial charge in [0.25, 0.3) is 0 Å². The van der Waals surface area contributed by atoms with Crippen molar-refractivity contribution in [2.75, 3.05) is 20.3 Å². The van der Waals surface area contributed by atoms with Crippen LogP contribution in [-0.4, -0.2) is 36.1 Å². The molecule has 5 heteroatoms. The number of nitrogens with zero attached hydrogens (tertiary/aromatic N) is 2. The molecule has 0 bridgehead atoms. The fourth-order valence-electron chi connectivity index (χ4n) is 2.79. The molecule has 0 aromatic carbocycles. The van der Waals surface area contributed by atoms with Gasteiger partial charge in [-0.05, 0) is 32.1 Å². The Morgan fingerprint density at radius 1 is 1.47 bits per heavy atom. The molecule has 104 valence electrons. The summed E-state index contributed by atoms with van der Waals surface area (Å²) in [5, 5.41) is 1.08. The Labute approximate surface area is 117 Å². The van der Waals surface area contributed by atoms with Crippen molar-refractivity contribution in [3.63, 3.8) is 0 Å².